The second-order valence-electron chi connectivity index (χ2n) is 5.27. The highest BCUT2D eigenvalue weighted by Gasteiger charge is 2.11. The Bertz CT molecular complexity index is 833. The number of halogens is 1. The number of anilines is 1. The molecule has 0 aliphatic rings. The SMILES string of the molecule is Cc1nc2c3cccc(Cl)c3ccn2c1NC=NC(C)C. The topological polar surface area (TPSA) is 41.7 Å². The van der Waals surface area contributed by atoms with Crippen LogP contribution < -0.4 is 5.32 Å². The minimum atomic E-state index is 0.261. The van der Waals surface area contributed by atoms with E-state index in [4.69, 9.17) is 11.6 Å². The zero-order chi connectivity index (χ0) is 15.0. The van der Waals surface area contributed by atoms with Gasteiger partial charge in [0.1, 0.15) is 11.5 Å². The van der Waals surface area contributed by atoms with Crippen LogP contribution in [-0.4, -0.2) is 21.8 Å². The number of pyridine rings is 1. The van der Waals surface area contributed by atoms with Crippen LogP contribution in [0.5, 0.6) is 0 Å². The lowest BCUT2D eigenvalue weighted by Crippen LogP contribution is -2.02. The van der Waals surface area contributed by atoms with Gasteiger partial charge in [0.15, 0.2) is 0 Å². The van der Waals surface area contributed by atoms with Crippen molar-refractivity contribution >= 4 is 40.2 Å². The van der Waals surface area contributed by atoms with Crippen LogP contribution in [0, 0.1) is 6.92 Å². The third-order valence-corrected chi connectivity index (χ3v) is 3.67. The molecule has 0 aliphatic heterocycles. The van der Waals surface area contributed by atoms with Crippen molar-refractivity contribution in [1.82, 2.24) is 9.38 Å². The van der Waals surface area contributed by atoms with E-state index in [0.29, 0.717) is 0 Å². The first-order chi connectivity index (χ1) is 10.1. The van der Waals surface area contributed by atoms with Gasteiger partial charge in [0.05, 0.1) is 12.0 Å². The van der Waals surface area contributed by atoms with E-state index in [-0.39, 0.29) is 6.04 Å². The number of aromatic nitrogens is 2. The molecule has 2 heterocycles. The second-order valence-corrected chi connectivity index (χ2v) is 5.68. The van der Waals surface area contributed by atoms with Gasteiger partial charge < -0.3 is 5.32 Å². The summed E-state index contributed by atoms with van der Waals surface area (Å²) in [4.78, 5) is 8.99. The molecule has 0 saturated heterocycles. The molecule has 0 atom stereocenters. The van der Waals surface area contributed by atoms with Gasteiger partial charge in [-0.05, 0) is 32.9 Å². The van der Waals surface area contributed by atoms with E-state index in [0.717, 1.165) is 33.0 Å². The van der Waals surface area contributed by atoms with E-state index in [1.807, 2.05) is 55.6 Å². The van der Waals surface area contributed by atoms with Gasteiger partial charge in [-0.2, -0.15) is 0 Å². The van der Waals surface area contributed by atoms with Gasteiger partial charge in [-0.15, -0.1) is 0 Å². The maximum Gasteiger partial charge on any atom is 0.146 e. The average Bonchev–Trinajstić information content (AvgIpc) is 2.76. The van der Waals surface area contributed by atoms with Gasteiger partial charge in [0, 0.05) is 28.0 Å². The Balaban J connectivity index is 2.17. The zero-order valence-corrected chi connectivity index (χ0v) is 13.0. The highest BCUT2D eigenvalue weighted by atomic mass is 35.5. The van der Waals surface area contributed by atoms with Gasteiger partial charge in [-0.1, -0.05) is 23.7 Å². The quantitative estimate of drug-likeness (QED) is 0.579. The molecule has 0 bridgehead atoms. The number of hydrogen-bond donors (Lipinski definition) is 1. The molecular weight excluding hydrogens is 284 g/mol. The third kappa shape index (κ3) is 2.47. The summed E-state index contributed by atoms with van der Waals surface area (Å²) in [6.45, 7) is 6.05. The predicted octanol–water partition coefficient (Wildman–Crippen LogP) is 4.30. The van der Waals surface area contributed by atoms with Crippen LogP contribution in [-0.2, 0) is 0 Å². The Morgan fingerprint density at radius 2 is 2.10 bits per heavy atom. The summed E-state index contributed by atoms with van der Waals surface area (Å²) in [7, 11) is 0. The summed E-state index contributed by atoms with van der Waals surface area (Å²) >= 11 is 6.25. The highest BCUT2D eigenvalue weighted by Crippen LogP contribution is 2.28. The maximum absolute atomic E-state index is 6.25. The Labute approximate surface area is 128 Å². The van der Waals surface area contributed by atoms with Crippen molar-refractivity contribution < 1.29 is 0 Å². The molecule has 0 amide bonds. The fourth-order valence-corrected chi connectivity index (χ4v) is 2.59. The van der Waals surface area contributed by atoms with E-state index in [1.165, 1.54) is 0 Å². The predicted molar refractivity (Wildman–Crippen MR) is 89.7 cm³/mol. The lowest BCUT2D eigenvalue weighted by molar-refractivity contribution is 0.840. The summed E-state index contributed by atoms with van der Waals surface area (Å²) in [5.41, 5.74) is 1.82. The van der Waals surface area contributed by atoms with Crippen molar-refractivity contribution in [2.45, 2.75) is 26.8 Å². The van der Waals surface area contributed by atoms with E-state index < -0.39 is 0 Å². The smallest absolute Gasteiger partial charge is 0.146 e. The van der Waals surface area contributed by atoms with Crippen molar-refractivity contribution in [3.05, 3.63) is 41.2 Å². The number of fused-ring (bicyclic) bond motifs is 3. The van der Waals surface area contributed by atoms with Crippen molar-refractivity contribution in [2.24, 2.45) is 4.99 Å². The second kappa shape index (κ2) is 5.37. The number of aliphatic imine (C=N–C) groups is 1. The molecule has 0 radical (unpaired) electrons. The van der Waals surface area contributed by atoms with Gasteiger partial charge >= 0.3 is 0 Å². The summed E-state index contributed by atoms with van der Waals surface area (Å²) in [5.74, 6) is 0.927. The molecule has 0 unspecified atom stereocenters. The fraction of sp³-hybridized carbons (Fsp3) is 0.250. The normalized spacial score (nSPS) is 12.0. The number of nitrogens with zero attached hydrogens (tertiary/aromatic N) is 3. The first-order valence-corrected chi connectivity index (χ1v) is 7.30. The van der Waals surface area contributed by atoms with Gasteiger partial charge in [0.2, 0.25) is 0 Å². The summed E-state index contributed by atoms with van der Waals surface area (Å²) in [6.07, 6.45) is 3.71. The van der Waals surface area contributed by atoms with Crippen LogP contribution >= 0.6 is 11.6 Å². The average molecular weight is 301 g/mol. The Morgan fingerprint density at radius 1 is 1.29 bits per heavy atom. The first kappa shape index (κ1) is 13.9. The monoisotopic (exact) mass is 300 g/mol. The molecule has 1 N–H and O–H groups in total. The van der Waals surface area contributed by atoms with E-state index >= 15 is 0 Å². The Hall–Kier alpha value is -2.07. The number of rotatable bonds is 3. The van der Waals surface area contributed by atoms with Crippen LogP contribution in [0.15, 0.2) is 35.5 Å². The molecule has 1 aromatic carbocycles. The molecule has 3 rings (SSSR count). The van der Waals surface area contributed by atoms with E-state index in [1.54, 1.807) is 6.34 Å². The largest absolute Gasteiger partial charge is 0.331 e. The lowest BCUT2D eigenvalue weighted by atomic mass is 10.2. The molecule has 0 aliphatic carbocycles. The standard InChI is InChI=1S/C16H17ClN4/c1-10(2)18-9-19-15-11(3)20-16-13-5-4-6-14(17)12(13)7-8-21(15)16/h4-10H,1-3H3,(H,18,19). The number of nitrogens with one attached hydrogen (secondary N) is 1. The van der Waals surface area contributed by atoms with Crippen LogP contribution in [0.2, 0.25) is 5.02 Å². The molecule has 3 aromatic rings. The van der Waals surface area contributed by atoms with Crippen LogP contribution in [0.25, 0.3) is 16.4 Å². The maximum atomic E-state index is 6.25. The Kier molecular flexibility index (Phi) is 3.55. The number of hydrogen-bond acceptors (Lipinski definition) is 2. The molecule has 5 heteroatoms. The zero-order valence-electron chi connectivity index (χ0n) is 12.3. The number of aryl methyl sites for hydroxylation is 1. The van der Waals surface area contributed by atoms with E-state index in [9.17, 15) is 0 Å². The van der Waals surface area contributed by atoms with E-state index in [2.05, 4.69) is 15.3 Å². The number of benzene rings is 1. The third-order valence-electron chi connectivity index (χ3n) is 3.34. The van der Waals surface area contributed by atoms with Crippen LogP contribution in [0.4, 0.5) is 5.82 Å². The molecule has 0 spiro atoms. The molecule has 0 fully saturated rings. The molecular formula is C16H17ClN4. The minimum Gasteiger partial charge on any atom is -0.331 e. The first-order valence-electron chi connectivity index (χ1n) is 6.92. The minimum absolute atomic E-state index is 0.261. The number of imidazole rings is 1. The Morgan fingerprint density at radius 3 is 2.86 bits per heavy atom. The summed E-state index contributed by atoms with van der Waals surface area (Å²) < 4.78 is 2.03. The molecule has 21 heavy (non-hydrogen) atoms. The molecule has 4 nitrogen and oxygen atoms in total. The lowest BCUT2D eigenvalue weighted by Gasteiger charge is -2.05. The van der Waals surface area contributed by atoms with Gasteiger partial charge in [-0.25, -0.2) is 4.98 Å². The molecule has 108 valence electrons. The van der Waals surface area contributed by atoms with Gasteiger partial charge in [0.25, 0.3) is 0 Å². The van der Waals surface area contributed by atoms with Crippen molar-refractivity contribution in [2.75, 3.05) is 5.32 Å². The van der Waals surface area contributed by atoms with Crippen molar-refractivity contribution in [3.63, 3.8) is 0 Å². The summed E-state index contributed by atoms with van der Waals surface area (Å²) in [5, 5.41) is 6.02. The molecule has 0 saturated carbocycles. The molecule has 2 aromatic heterocycles. The fourth-order valence-electron chi connectivity index (χ4n) is 2.35. The summed E-state index contributed by atoms with van der Waals surface area (Å²) in [6, 6.07) is 8.15. The highest BCUT2D eigenvalue weighted by molar-refractivity contribution is 6.35. The van der Waals surface area contributed by atoms with Crippen LogP contribution in [0.3, 0.4) is 0 Å². The van der Waals surface area contributed by atoms with Crippen LogP contribution in [0.1, 0.15) is 19.5 Å². The van der Waals surface area contributed by atoms with Gasteiger partial charge in [-0.3, -0.25) is 9.39 Å². The van der Waals surface area contributed by atoms with Crippen molar-refractivity contribution in [3.8, 4) is 0 Å². The van der Waals surface area contributed by atoms with Crippen molar-refractivity contribution in [1.29, 1.82) is 0 Å².